The SMILES string of the molecule is CC1=CC2=[Te](O1)OC(c1ccc(F)cc1)=C2. The van der Waals surface area contributed by atoms with E-state index in [0.717, 1.165) is 17.1 Å². The molecule has 82 valence electrons. The Bertz CT molecular complexity index is 541. The van der Waals surface area contributed by atoms with Crippen molar-refractivity contribution in [2.45, 2.75) is 6.92 Å². The van der Waals surface area contributed by atoms with Crippen molar-refractivity contribution < 1.29 is 10.6 Å². The van der Waals surface area contributed by atoms with Crippen LogP contribution in [0.15, 0.2) is 42.2 Å². The first-order valence-electron chi connectivity index (χ1n) is 4.86. The van der Waals surface area contributed by atoms with Gasteiger partial charge in [0.15, 0.2) is 0 Å². The molecule has 0 N–H and O–H groups in total. The molecular formula is C12H9FO2Te. The number of rotatable bonds is 1. The molecule has 0 atom stereocenters. The van der Waals surface area contributed by atoms with Crippen LogP contribution in [0.5, 0.6) is 0 Å². The van der Waals surface area contributed by atoms with Gasteiger partial charge in [0, 0.05) is 0 Å². The van der Waals surface area contributed by atoms with E-state index in [2.05, 4.69) is 0 Å². The Balaban J connectivity index is 1.90. The molecule has 0 amide bonds. The molecule has 2 heterocycles. The van der Waals surface area contributed by atoms with Crippen molar-refractivity contribution in [3.8, 4) is 0 Å². The minimum absolute atomic E-state index is 0.234. The van der Waals surface area contributed by atoms with Crippen LogP contribution in [-0.2, 0) is 6.20 Å². The number of halogens is 1. The second-order valence-electron chi connectivity index (χ2n) is 3.57. The van der Waals surface area contributed by atoms with Gasteiger partial charge in [-0.1, -0.05) is 0 Å². The summed E-state index contributed by atoms with van der Waals surface area (Å²) >= 11 is -2.01. The predicted molar refractivity (Wildman–Crippen MR) is 61.1 cm³/mol. The third kappa shape index (κ3) is 1.68. The fourth-order valence-corrected chi connectivity index (χ4v) is 5.25. The van der Waals surface area contributed by atoms with Crippen molar-refractivity contribution in [1.29, 1.82) is 0 Å². The van der Waals surface area contributed by atoms with Crippen molar-refractivity contribution in [1.82, 2.24) is 0 Å². The second kappa shape index (κ2) is 3.73. The summed E-state index contributed by atoms with van der Waals surface area (Å²) in [4.78, 5) is 0. The summed E-state index contributed by atoms with van der Waals surface area (Å²) in [6.45, 7) is 1.93. The fraction of sp³-hybridized carbons (Fsp3) is 0.0833. The summed E-state index contributed by atoms with van der Waals surface area (Å²) < 4.78 is 25.3. The molecule has 0 aliphatic carbocycles. The molecule has 0 bridgehead atoms. The zero-order chi connectivity index (χ0) is 11.1. The Labute approximate surface area is 100 Å². The third-order valence-electron chi connectivity index (χ3n) is 2.31. The van der Waals surface area contributed by atoms with Gasteiger partial charge in [-0.2, -0.15) is 0 Å². The van der Waals surface area contributed by atoms with Gasteiger partial charge < -0.3 is 0 Å². The number of hydrogen-bond acceptors (Lipinski definition) is 2. The fourth-order valence-electron chi connectivity index (χ4n) is 1.58. The molecule has 0 aromatic heterocycles. The quantitative estimate of drug-likeness (QED) is 0.736. The first-order chi connectivity index (χ1) is 7.72. The van der Waals surface area contributed by atoms with Gasteiger partial charge >= 0.3 is 100 Å². The maximum atomic E-state index is 12.8. The monoisotopic (exact) mass is 334 g/mol. The van der Waals surface area contributed by atoms with Crippen LogP contribution in [0.3, 0.4) is 0 Å². The van der Waals surface area contributed by atoms with E-state index < -0.39 is 19.9 Å². The number of allylic oxidation sites excluding steroid dienone is 3. The number of hydrogen-bond donors (Lipinski definition) is 0. The van der Waals surface area contributed by atoms with Crippen LogP contribution in [0.1, 0.15) is 12.5 Å². The van der Waals surface area contributed by atoms with Gasteiger partial charge in [0.1, 0.15) is 0 Å². The summed E-state index contributed by atoms with van der Waals surface area (Å²) in [5.74, 6) is 1.50. The topological polar surface area (TPSA) is 18.5 Å². The van der Waals surface area contributed by atoms with Crippen LogP contribution >= 0.6 is 0 Å². The molecule has 2 aliphatic rings. The van der Waals surface area contributed by atoms with E-state index >= 15 is 0 Å². The Morgan fingerprint density at radius 1 is 1.06 bits per heavy atom. The van der Waals surface area contributed by atoms with Crippen LogP contribution in [-0.4, -0.2) is 23.5 Å². The first kappa shape index (κ1) is 10.1. The van der Waals surface area contributed by atoms with Gasteiger partial charge in [-0.3, -0.25) is 0 Å². The van der Waals surface area contributed by atoms with E-state index in [1.165, 1.54) is 15.7 Å². The maximum absolute atomic E-state index is 12.8. The average Bonchev–Trinajstić information content (AvgIpc) is 2.75. The van der Waals surface area contributed by atoms with Crippen LogP contribution < -0.4 is 0 Å². The van der Waals surface area contributed by atoms with Crippen molar-refractivity contribution >= 4 is 29.2 Å². The first-order valence-corrected chi connectivity index (χ1v) is 7.93. The van der Waals surface area contributed by atoms with Crippen molar-refractivity contribution in [2.75, 3.05) is 0 Å². The molecule has 16 heavy (non-hydrogen) atoms. The molecule has 0 saturated carbocycles. The predicted octanol–water partition coefficient (Wildman–Crippen LogP) is 2.37. The molecule has 1 aromatic carbocycles. The molecule has 0 fully saturated rings. The minimum atomic E-state index is -2.01. The molecule has 0 saturated heterocycles. The normalized spacial score (nSPS) is 18.8. The standard InChI is InChI=1S/C12H9FO2Te/c1-8-6-11-7-12(15-16(11)14-8)9-2-4-10(13)5-3-9/h2-7H,1H3. The molecule has 2 nitrogen and oxygen atoms in total. The second-order valence-corrected chi connectivity index (χ2v) is 7.21. The Kier molecular flexibility index (Phi) is 2.34. The molecule has 3 rings (SSSR count). The molecular weight excluding hydrogens is 323 g/mol. The Morgan fingerprint density at radius 3 is 2.50 bits per heavy atom. The van der Waals surface area contributed by atoms with Crippen molar-refractivity contribution in [3.63, 3.8) is 0 Å². The third-order valence-corrected chi connectivity index (χ3v) is 6.21. The van der Waals surface area contributed by atoms with E-state index in [4.69, 9.17) is 6.20 Å². The number of benzene rings is 1. The van der Waals surface area contributed by atoms with Crippen LogP contribution in [0, 0.1) is 5.82 Å². The molecule has 0 radical (unpaired) electrons. The summed E-state index contributed by atoms with van der Waals surface area (Å²) in [6.07, 6.45) is 4.02. The van der Waals surface area contributed by atoms with Crippen molar-refractivity contribution in [2.24, 2.45) is 0 Å². The molecule has 0 spiro atoms. The molecule has 1 aromatic rings. The Morgan fingerprint density at radius 2 is 1.81 bits per heavy atom. The van der Waals surface area contributed by atoms with E-state index in [1.807, 2.05) is 19.1 Å². The van der Waals surface area contributed by atoms with E-state index in [-0.39, 0.29) is 5.82 Å². The van der Waals surface area contributed by atoms with E-state index in [0.29, 0.717) is 0 Å². The summed E-state index contributed by atoms with van der Waals surface area (Å²) in [6, 6.07) is 6.31. The molecule has 4 heteroatoms. The summed E-state index contributed by atoms with van der Waals surface area (Å²) in [5.41, 5.74) is 0.902. The van der Waals surface area contributed by atoms with Crippen LogP contribution in [0.4, 0.5) is 4.39 Å². The van der Waals surface area contributed by atoms with E-state index in [9.17, 15) is 4.39 Å². The molecule has 0 unspecified atom stereocenters. The average molecular weight is 332 g/mol. The van der Waals surface area contributed by atoms with Crippen LogP contribution in [0.2, 0.25) is 0 Å². The Hall–Kier alpha value is -1.11. The summed E-state index contributed by atoms with van der Waals surface area (Å²) in [5, 5.41) is 0. The summed E-state index contributed by atoms with van der Waals surface area (Å²) in [7, 11) is 0. The van der Waals surface area contributed by atoms with E-state index in [1.54, 1.807) is 12.1 Å². The van der Waals surface area contributed by atoms with Gasteiger partial charge in [0.25, 0.3) is 0 Å². The zero-order valence-electron chi connectivity index (χ0n) is 8.57. The van der Waals surface area contributed by atoms with Gasteiger partial charge in [-0.15, -0.1) is 0 Å². The van der Waals surface area contributed by atoms with Gasteiger partial charge in [0.2, 0.25) is 0 Å². The van der Waals surface area contributed by atoms with Gasteiger partial charge in [-0.05, 0) is 0 Å². The zero-order valence-corrected chi connectivity index (χ0v) is 10.9. The van der Waals surface area contributed by atoms with Gasteiger partial charge in [-0.25, -0.2) is 0 Å². The van der Waals surface area contributed by atoms with Gasteiger partial charge in [0.05, 0.1) is 0 Å². The molecule has 2 aliphatic heterocycles. The van der Waals surface area contributed by atoms with Crippen molar-refractivity contribution in [3.05, 3.63) is 53.6 Å². The van der Waals surface area contributed by atoms with Crippen LogP contribution in [0.25, 0.3) is 5.76 Å².